The van der Waals surface area contributed by atoms with E-state index in [2.05, 4.69) is 10.4 Å². The largest absolute Gasteiger partial charge is 0.490 e. The molecule has 9 heteroatoms. The van der Waals surface area contributed by atoms with Gasteiger partial charge in [-0.3, -0.25) is 9.48 Å². The van der Waals surface area contributed by atoms with Gasteiger partial charge in [-0.15, -0.1) is 0 Å². The number of anilines is 1. The molecule has 2 aromatic rings. The number of hydrogen-bond donors (Lipinski definition) is 1. The Morgan fingerprint density at radius 1 is 1.46 bits per heavy atom. The van der Waals surface area contributed by atoms with Gasteiger partial charge in [0.1, 0.15) is 12.3 Å². The lowest BCUT2D eigenvalue weighted by molar-refractivity contribution is -0.141. The number of alkyl halides is 3. The molecule has 6 nitrogen and oxygen atoms in total. The minimum absolute atomic E-state index is 0.0670. The molecular formula is C17H20F3N3O3. The van der Waals surface area contributed by atoms with Gasteiger partial charge >= 0.3 is 6.18 Å². The molecule has 0 aliphatic carbocycles. The van der Waals surface area contributed by atoms with Crippen molar-refractivity contribution >= 4 is 22.6 Å². The standard InChI is InChI=1S/C17H20F3N3O3/c1-10(2)26-13-5-3-4-12-14(13)15(22-23(12)9-17(18,19)20)21-16(24)11-6-7-25-8-11/h3-5,10-11H,6-9H2,1-2H3,(H,21,22,24)/t11-/m1/s1. The van der Waals surface area contributed by atoms with Crippen LogP contribution in [0.5, 0.6) is 5.75 Å². The lowest BCUT2D eigenvalue weighted by Crippen LogP contribution is -2.23. The first-order valence-corrected chi connectivity index (χ1v) is 8.36. The van der Waals surface area contributed by atoms with E-state index in [1.807, 2.05) is 13.8 Å². The van der Waals surface area contributed by atoms with Gasteiger partial charge in [-0.2, -0.15) is 18.3 Å². The molecule has 0 radical (unpaired) electrons. The summed E-state index contributed by atoms with van der Waals surface area (Å²) in [6.45, 7) is 3.16. The van der Waals surface area contributed by atoms with E-state index in [1.165, 1.54) is 6.07 Å². The molecule has 3 rings (SSSR count). The van der Waals surface area contributed by atoms with Gasteiger partial charge < -0.3 is 14.8 Å². The van der Waals surface area contributed by atoms with Crippen molar-refractivity contribution in [1.29, 1.82) is 0 Å². The molecule has 0 unspecified atom stereocenters. The van der Waals surface area contributed by atoms with Crippen molar-refractivity contribution in [1.82, 2.24) is 9.78 Å². The van der Waals surface area contributed by atoms with E-state index < -0.39 is 12.7 Å². The highest BCUT2D eigenvalue weighted by atomic mass is 19.4. The highest BCUT2D eigenvalue weighted by molar-refractivity contribution is 6.03. The minimum atomic E-state index is -4.44. The lowest BCUT2D eigenvalue weighted by Gasteiger charge is -2.12. The predicted octanol–water partition coefficient (Wildman–Crippen LogP) is 3.36. The Kier molecular flexibility index (Phi) is 5.08. The van der Waals surface area contributed by atoms with E-state index >= 15 is 0 Å². The number of aromatic nitrogens is 2. The lowest BCUT2D eigenvalue weighted by atomic mass is 10.1. The molecule has 1 fully saturated rings. The van der Waals surface area contributed by atoms with Crippen LogP contribution in [-0.4, -0.2) is 41.2 Å². The van der Waals surface area contributed by atoms with Crippen LogP contribution >= 0.6 is 0 Å². The zero-order chi connectivity index (χ0) is 18.9. The third-order valence-corrected chi connectivity index (χ3v) is 3.97. The number of halogens is 3. The van der Waals surface area contributed by atoms with E-state index in [0.717, 1.165) is 4.68 Å². The molecule has 142 valence electrons. The molecule has 1 aromatic carbocycles. The fraction of sp³-hybridized carbons (Fsp3) is 0.529. The maximum absolute atomic E-state index is 12.9. The molecule has 1 saturated heterocycles. The number of hydrogen-bond acceptors (Lipinski definition) is 4. The Balaban J connectivity index is 2.02. The van der Waals surface area contributed by atoms with Crippen LogP contribution in [0.3, 0.4) is 0 Å². The van der Waals surface area contributed by atoms with Gasteiger partial charge in [0, 0.05) is 6.61 Å². The van der Waals surface area contributed by atoms with Gasteiger partial charge in [0.05, 0.1) is 29.5 Å². The number of fused-ring (bicyclic) bond motifs is 1. The number of amides is 1. The summed E-state index contributed by atoms with van der Waals surface area (Å²) >= 11 is 0. The van der Waals surface area contributed by atoms with Crippen molar-refractivity contribution in [2.75, 3.05) is 18.5 Å². The van der Waals surface area contributed by atoms with Crippen molar-refractivity contribution < 1.29 is 27.4 Å². The van der Waals surface area contributed by atoms with Gasteiger partial charge in [-0.25, -0.2) is 0 Å². The second kappa shape index (κ2) is 7.14. The second-order valence-electron chi connectivity index (χ2n) is 6.49. The zero-order valence-corrected chi connectivity index (χ0v) is 14.5. The number of nitrogens with one attached hydrogen (secondary N) is 1. The Hall–Kier alpha value is -2.29. The van der Waals surface area contributed by atoms with Gasteiger partial charge in [0.25, 0.3) is 0 Å². The Labute approximate surface area is 148 Å². The number of benzene rings is 1. The molecule has 26 heavy (non-hydrogen) atoms. The molecule has 1 amide bonds. The molecular weight excluding hydrogens is 351 g/mol. The van der Waals surface area contributed by atoms with Crippen LogP contribution in [0, 0.1) is 5.92 Å². The summed E-state index contributed by atoms with van der Waals surface area (Å²) in [4.78, 5) is 12.4. The van der Waals surface area contributed by atoms with E-state index in [-0.39, 0.29) is 29.3 Å². The van der Waals surface area contributed by atoms with Crippen LogP contribution in [0.1, 0.15) is 20.3 Å². The summed E-state index contributed by atoms with van der Waals surface area (Å²) in [6.07, 6.45) is -4.05. The molecule has 1 aliphatic rings. The first-order valence-electron chi connectivity index (χ1n) is 8.36. The summed E-state index contributed by atoms with van der Waals surface area (Å²) in [7, 11) is 0. The van der Waals surface area contributed by atoms with E-state index in [4.69, 9.17) is 9.47 Å². The molecule has 1 aromatic heterocycles. The summed E-state index contributed by atoms with van der Waals surface area (Å²) in [5.74, 6) is -0.210. The van der Waals surface area contributed by atoms with Crippen molar-refractivity contribution in [3.8, 4) is 5.75 Å². The average Bonchev–Trinajstić information content (AvgIpc) is 3.15. The van der Waals surface area contributed by atoms with Gasteiger partial charge in [0.2, 0.25) is 5.91 Å². The molecule has 1 aliphatic heterocycles. The Bertz CT molecular complexity index is 796. The van der Waals surface area contributed by atoms with Crippen molar-refractivity contribution in [3.63, 3.8) is 0 Å². The highest BCUT2D eigenvalue weighted by Gasteiger charge is 2.31. The number of rotatable bonds is 5. The van der Waals surface area contributed by atoms with Crippen LogP contribution in [0.2, 0.25) is 0 Å². The Morgan fingerprint density at radius 3 is 2.85 bits per heavy atom. The fourth-order valence-electron chi connectivity index (χ4n) is 2.89. The first kappa shape index (κ1) is 18.5. The van der Waals surface area contributed by atoms with Crippen LogP contribution in [0.25, 0.3) is 10.9 Å². The van der Waals surface area contributed by atoms with Gasteiger partial charge in [0.15, 0.2) is 5.82 Å². The smallest absolute Gasteiger partial charge is 0.408 e. The van der Waals surface area contributed by atoms with E-state index in [0.29, 0.717) is 30.8 Å². The number of ether oxygens (including phenoxy) is 2. The van der Waals surface area contributed by atoms with Crippen molar-refractivity contribution in [2.45, 2.75) is 39.1 Å². The zero-order valence-electron chi connectivity index (χ0n) is 14.5. The fourth-order valence-corrected chi connectivity index (χ4v) is 2.89. The summed E-state index contributed by atoms with van der Waals surface area (Å²) < 4.78 is 50.4. The predicted molar refractivity (Wildman–Crippen MR) is 89.1 cm³/mol. The van der Waals surface area contributed by atoms with Crippen LogP contribution in [-0.2, 0) is 16.1 Å². The maximum atomic E-state index is 12.9. The summed E-state index contributed by atoms with van der Waals surface area (Å²) in [6, 6.07) is 4.77. The van der Waals surface area contributed by atoms with Crippen LogP contribution in [0.15, 0.2) is 18.2 Å². The van der Waals surface area contributed by atoms with E-state index in [9.17, 15) is 18.0 Å². The molecule has 1 atom stereocenters. The van der Waals surface area contributed by atoms with Crippen LogP contribution in [0.4, 0.5) is 19.0 Å². The quantitative estimate of drug-likeness (QED) is 0.875. The first-order chi connectivity index (χ1) is 12.2. The minimum Gasteiger partial charge on any atom is -0.490 e. The highest BCUT2D eigenvalue weighted by Crippen LogP contribution is 2.34. The number of carbonyl (C=O) groups excluding carboxylic acids is 1. The summed E-state index contributed by atoms with van der Waals surface area (Å²) in [5, 5.41) is 7.01. The topological polar surface area (TPSA) is 65.4 Å². The molecule has 1 N–H and O–H groups in total. The Morgan fingerprint density at radius 2 is 2.23 bits per heavy atom. The maximum Gasteiger partial charge on any atom is 0.408 e. The number of carbonyl (C=O) groups is 1. The second-order valence-corrected chi connectivity index (χ2v) is 6.49. The normalized spacial score (nSPS) is 17.8. The summed E-state index contributed by atoms with van der Waals surface area (Å²) in [5.41, 5.74) is 0.249. The van der Waals surface area contributed by atoms with Gasteiger partial charge in [-0.1, -0.05) is 6.07 Å². The molecule has 2 heterocycles. The third-order valence-electron chi connectivity index (χ3n) is 3.97. The monoisotopic (exact) mass is 371 g/mol. The number of nitrogens with zero attached hydrogens (tertiary/aromatic N) is 2. The molecule has 0 saturated carbocycles. The van der Waals surface area contributed by atoms with E-state index in [1.54, 1.807) is 12.1 Å². The van der Waals surface area contributed by atoms with Crippen molar-refractivity contribution in [3.05, 3.63) is 18.2 Å². The third kappa shape index (κ3) is 4.09. The SMILES string of the molecule is CC(C)Oc1cccc2c1c(NC(=O)[C@@H]1CCOC1)nn2CC(F)(F)F. The van der Waals surface area contributed by atoms with Crippen molar-refractivity contribution in [2.24, 2.45) is 5.92 Å². The van der Waals surface area contributed by atoms with Gasteiger partial charge in [-0.05, 0) is 32.4 Å². The van der Waals surface area contributed by atoms with Crippen LogP contribution < -0.4 is 10.1 Å². The molecule has 0 spiro atoms. The average molecular weight is 371 g/mol. The molecule has 0 bridgehead atoms.